The van der Waals surface area contributed by atoms with Crippen LogP contribution in [0.3, 0.4) is 0 Å². The molecule has 0 heterocycles. The molecule has 7 heteroatoms. The van der Waals surface area contributed by atoms with Crippen LogP contribution in [0.2, 0.25) is 0 Å². The summed E-state index contributed by atoms with van der Waals surface area (Å²) in [6, 6.07) is 10.8. The van der Waals surface area contributed by atoms with Crippen LogP contribution in [0.4, 0.5) is 11.4 Å². The van der Waals surface area contributed by atoms with Gasteiger partial charge < -0.3 is 4.74 Å². The number of nitro benzene ring substituents is 2. The number of nitro groups is 2. The Labute approximate surface area is 120 Å². The Balaban J connectivity index is 2.26. The minimum atomic E-state index is -0.668. The van der Waals surface area contributed by atoms with E-state index in [9.17, 15) is 20.2 Å². The van der Waals surface area contributed by atoms with E-state index in [0.717, 1.165) is 11.6 Å². The number of benzene rings is 2. The summed E-state index contributed by atoms with van der Waals surface area (Å²) in [7, 11) is 0. The second-order valence-electron chi connectivity index (χ2n) is 4.38. The van der Waals surface area contributed by atoms with Crippen LogP contribution in [0.15, 0.2) is 42.5 Å². The molecule has 2 aromatic rings. The fourth-order valence-electron chi connectivity index (χ4n) is 1.83. The first-order valence-corrected chi connectivity index (χ1v) is 6.09. The first kappa shape index (κ1) is 14.4. The lowest BCUT2D eigenvalue weighted by Crippen LogP contribution is -2.02. The monoisotopic (exact) mass is 288 g/mol. The molecule has 0 aliphatic carbocycles. The molecular weight excluding hydrogens is 276 g/mol. The Bertz CT molecular complexity index is 700. The van der Waals surface area contributed by atoms with Crippen LogP contribution in [0.5, 0.6) is 5.75 Å². The van der Waals surface area contributed by atoms with Gasteiger partial charge in [-0.05, 0) is 24.6 Å². The number of hydrogen-bond donors (Lipinski definition) is 0. The van der Waals surface area contributed by atoms with Gasteiger partial charge in [0.05, 0.1) is 21.5 Å². The summed E-state index contributed by atoms with van der Waals surface area (Å²) in [6.07, 6.45) is 0. The molecule has 0 aromatic heterocycles. The molecule has 0 N–H and O–H groups in total. The normalized spacial score (nSPS) is 10.1. The SMILES string of the molecule is Cc1ccccc1OCc1ccc([N+](=O)[O-])cc1[N+](=O)[O-]. The molecule has 7 nitrogen and oxygen atoms in total. The second-order valence-corrected chi connectivity index (χ2v) is 4.38. The third kappa shape index (κ3) is 3.33. The lowest BCUT2D eigenvalue weighted by atomic mass is 10.1. The minimum absolute atomic E-state index is 0.0286. The highest BCUT2D eigenvalue weighted by atomic mass is 16.6. The van der Waals surface area contributed by atoms with E-state index in [2.05, 4.69) is 0 Å². The highest BCUT2D eigenvalue weighted by Crippen LogP contribution is 2.26. The van der Waals surface area contributed by atoms with E-state index in [4.69, 9.17) is 4.74 Å². The average Bonchev–Trinajstić information content (AvgIpc) is 2.46. The third-order valence-electron chi connectivity index (χ3n) is 2.95. The topological polar surface area (TPSA) is 95.5 Å². The summed E-state index contributed by atoms with van der Waals surface area (Å²) < 4.78 is 5.54. The number of non-ortho nitro benzene ring substituents is 1. The van der Waals surface area contributed by atoms with Gasteiger partial charge >= 0.3 is 0 Å². The summed E-state index contributed by atoms with van der Waals surface area (Å²) >= 11 is 0. The predicted molar refractivity (Wildman–Crippen MR) is 75.3 cm³/mol. The van der Waals surface area contributed by atoms with E-state index in [-0.39, 0.29) is 23.5 Å². The van der Waals surface area contributed by atoms with E-state index in [1.165, 1.54) is 12.1 Å². The molecule has 0 saturated heterocycles. The van der Waals surface area contributed by atoms with E-state index < -0.39 is 9.85 Å². The molecule has 0 aliphatic heterocycles. The van der Waals surface area contributed by atoms with Gasteiger partial charge in [-0.3, -0.25) is 20.2 Å². The van der Waals surface area contributed by atoms with E-state index in [0.29, 0.717) is 5.75 Å². The molecule has 0 fully saturated rings. The first-order valence-electron chi connectivity index (χ1n) is 6.09. The molecule has 0 amide bonds. The molecule has 0 bridgehead atoms. The number of para-hydroxylation sites is 1. The van der Waals surface area contributed by atoms with Gasteiger partial charge in [0, 0.05) is 6.07 Å². The highest BCUT2D eigenvalue weighted by molar-refractivity contribution is 5.49. The molecule has 2 rings (SSSR count). The van der Waals surface area contributed by atoms with Gasteiger partial charge in [-0.1, -0.05) is 18.2 Å². The van der Waals surface area contributed by atoms with Gasteiger partial charge in [-0.15, -0.1) is 0 Å². The van der Waals surface area contributed by atoms with Crippen LogP contribution in [0.1, 0.15) is 11.1 Å². The lowest BCUT2D eigenvalue weighted by molar-refractivity contribution is -0.394. The van der Waals surface area contributed by atoms with Crippen LogP contribution in [0, 0.1) is 27.2 Å². The van der Waals surface area contributed by atoms with Crippen LogP contribution in [0.25, 0.3) is 0 Å². The van der Waals surface area contributed by atoms with Crippen molar-refractivity contribution in [1.82, 2.24) is 0 Å². The molecule has 0 spiro atoms. The first-order chi connectivity index (χ1) is 9.99. The van der Waals surface area contributed by atoms with Crippen molar-refractivity contribution in [2.75, 3.05) is 0 Å². The van der Waals surface area contributed by atoms with Crippen molar-refractivity contribution in [3.63, 3.8) is 0 Å². The van der Waals surface area contributed by atoms with Gasteiger partial charge in [0.2, 0.25) is 0 Å². The fraction of sp³-hybridized carbons (Fsp3) is 0.143. The molecule has 0 unspecified atom stereocenters. The van der Waals surface area contributed by atoms with Crippen LogP contribution in [-0.2, 0) is 6.61 Å². The zero-order chi connectivity index (χ0) is 15.4. The molecule has 0 radical (unpaired) electrons. The van der Waals surface area contributed by atoms with Gasteiger partial charge in [0.1, 0.15) is 12.4 Å². The van der Waals surface area contributed by atoms with Gasteiger partial charge in [-0.25, -0.2) is 0 Å². The Kier molecular flexibility index (Phi) is 4.13. The number of hydrogen-bond acceptors (Lipinski definition) is 5. The average molecular weight is 288 g/mol. The maximum Gasteiger partial charge on any atom is 0.282 e. The Morgan fingerprint density at radius 1 is 1.05 bits per heavy atom. The summed E-state index contributed by atoms with van der Waals surface area (Å²) in [4.78, 5) is 20.3. The zero-order valence-electron chi connectivity index (χ0n) is 11.2. The summed E-state index contributed by atoms with van der Waals surface area (Å²) in [5.74, 6) is 0.616. The molecule has 108 valence electrons. The number of ether oxygens (including phenoxy) is 1. The smallest absolute Gasteiger partial charge is 0.282 e. The number of aryl methyl sites for hydroxylation is 1. The van der Waals surface area contributed by atoms with Crippen molar-refractivity contribution in [2.45, 2.75) is 13.5 Å². The Morgan fingerprint density at radius 2 is 1.76 bits per heavy atom. The van der Waals surface area contributed by atoms with Crippen molar-refractivity contribution < 1.29 is 14.6 Å². The van der Waals surface area contributed by atoms with Gasteiger partial charge in [0.15, 0.2) is 0 Å². The van der Waals surface area contributed by atoms with Crippen molar-refractivity contribution in [3.05, 3.63) is 73.8 Å². The second kappa shape index (κ2) is 6.00. The summed E-state index contributed by atoms with van der Waals surface area (Å²) in [5.41, 5.74) is 0.551. The predicted octanol–water partition coefficient (Wildman–Crippen LogP) is 3.39. The van der Waals surface area contributed by atoms with Crippen LogP contribution in [-0.4, -0.2) is 9.85 Å². The van der Waals surface area contributed by atoms with E-state index in [1.54, 1.807) is 12.1 Å². The quantitative estimate of drug-likeness (QED) is 0.620. The fourth-order valence-corrected chi connectivity index (χ4v) is 1.83. The summed E-state index contributed by atoms with van der Waals surface area (Å²) in [6.45, 7) is 1.83. The highest BCUT2D eigenvalue weighted by Gasteiger charge is 2.19. The Morgan fingerprint density at radius 3 is 2.38 bits per heavy atom. The number of rotatable bonds is 5. The molecular formula is C14H12N2O5. The maximum atomic E-state index is 11.0. The van der Waals surface area contributed by atoms with Crippen molar-refractivity contribution in [2.24, 2.45) is 0 Å². The largest absolute Gasteiger partial charge is 0.488 e. The summed E-state index contributed by atoms with van der Waals surface area (Å²) in [5, 5.41) is 21.7. The minimum Gasteiger partial charge on any atom is -0.488 e. The molecule has 0 atom stereocenters. The molecule has 2 aromatic carbocycles. The third-order valence-corrected chi connectivity index (χ3v) is 2.95. The zero-order valence-corrected chi connectivity index (χ0v) is 11.2. The molecule has 0 aliphatic rings. The number of nitrogens with zero attached hydrogens (tertiary/aromatic N) is 2. The van der Waals surface area contributed by atoms with Gasteiger partial charge in [-0.2, -0.15) is 0 Å². The van der Waals surface area contributed by atoms with Gasteiger partial charge in [0.25, 0.3) is 11.4 Å². The van der Waals surface area contributed by atoms with E-state index in [1.807, 2.05) is 19.1 Å². The van der Waals surface area contributed by atoms with Crippen LogP contribution >= 0.6 is 0 Å². The van der Waals surface area contributed by atoms with Crippen molar-refractivity contribution in [3.8, 4) is 5.75 Å². The van der Waals surface area contributed by atoms with Crippen molar-refractivity contribution >= 4 is 11.4 Å². The standard InChI is InChI=1S/C14H12N2O5/c1-10-4-2-3-5-14(10)21-9-11-6-7-12(15(17)18)8-13(11)16(19)20/h2-8H,9H2,1H3. The maximum absolute atomic E-state index is 11.0. The van der Waals surface area contributed by atoms with Crippen LogP contribution < -0.4 is 4.74 Å². The molecule has 21 heavy (non-hydrogen) atoms. The molecule has 0 saturated carbocycles. The van der Waals surface area contributed by atoms with Crippen molar-refractivity contribution in [1.29, 1.82) is 0 Å². The Hall–Kier alpha value is -2.96. The van der Waals surface area contributed by atoms with E-state index >= 15 is 0 Å². The lowest BCUT2D eigenvalue weighted by Gasteiger charge is -2.09.